The fourth-order valence-electron chi connectivity index (χ4n) is 2.34. The van der Waals surface area contributed by atoms with E-state index in [0.717, 1.165) is 18.3 Å². The topological polar surface area (TPSA) is 59.0 Å². The van der Waals surface area contributed by atoms with Crippen LogP contribution in [0, 0.1) is 5.82 Å². The number of halogens is 5. The van der Waals surface area contributed by atoms with Crippen LogP contribution < -0.4 is 10.6 Å². The Kier molecular flexibility index (Phi) is 5.04. The van der Waals surface area contributed by atoms with Crippen molar-refractivity contribution >= 4 is 29.0 Å². The molecule has 140 valence electrons. The number of hydrogen-bond donors (Lipinski definition) is 2. The Bertz CT molecular complexity index is 970. The van der Waals surface area contributed by atoms with E-state index < -0.39 is 29.4 Å². The minimum absolute atomic E-state index is 0.0125. The molecule has 0 aliphatic rings. The van der Waals surface area contributed by atoms with Crippen molar-refractivity contribution in [3.63, 3.8) is 0 Å². The number of nitrogens with zero attached hydrogens (tertiary/aromatic N) is 2. The van der Waals surface area contributed by atoms with E-state index >= 15 is 0 Å². The highest BCUT2D eigenvalue weighted by molar-refractivity contribution is 6.32. The molecule has 0 fully saturated rings. The number of amides is 2. The molecule has 10 heteroatoms. The van der Waals surface area contributed by atoms with Crippen molar-refractivity contribution in [3.05, 3.63) is 71.3 Å². The lowest BCUT2D eigenvalue weighted by molar-refractivity contribution is -0.142. The number of carbonyl (C=O) groups excluding carboxylic acids is 1. The summed E-state index contributed by atoms with van der Waals surface area (Å²) in [7, 11) is 0. The first kappa shape index (κ1) is 18.7. The second-order valence-corrected chi connectivity index (χ2v) is 5.76. The van der Waals surface area contributed by atoms with Crippen molar-refractivity contribution in [1.29, 1.82) is 0 Å². The van der Waals surface area contributed by atoms with Crippen molar-refractivity contribution < 1.29 is 22.4 Å². The fourth-order valence-corrected chi connectivity index (χ4v) is 2.55. The molecule has 5 nitrogen and oxygen atoms in total. The molecule has 0 saturated carbocycles. The van der Waals surface area contributed by atoms with Crippen molar-refractivity contribution in [3.8, 4) is 5.69 Å². The Morgan fingerprint density at radius 1 is 1.04 bits per heavy atom. The average molecular weight is 399 g/mol. The maximum Gasteiger partial charge on any atom is 0.435 e. The van der Waals surface area contributed by atoms with E-state index in [0.29, 0.717) is 4.68 Å². The molecule has 0 radical (unpaired) electrons. The number of benzene rings is 2. The van der Waals surface area contributed by atoms with Gasteiger partial charge in [0.25, 0.3) is 0 Å². The summed E-state index contributed by atoms with van der Waals surface area (Å²) in [5.74, 6) is -0.513. The Morgan fingerprint density at radius 3 is 2.33 bits per heavy atom. The van der Waals surface area contributed by atoms with Gasteiger partial charge in [-0.15, -0.1) is 0 Å². The molecular formula is C17H11ClF4N4O. The minimum atomic E-state index is -4.81. The van der Waals surface area contributed by atoms with Crippen molar-refractivity contribution in [2.24, 2.45) is 0 Å². The van der Waals surface area contributed by atoms with E-state index in [2.05, 4.69) is 15.7 Å². The molecule has 27 heavy (non-hydrogen) atoms. The number of aromatic nitrogens is 2. The second kappa shape index (κ2) is 7.28. The molecule has 0 aliphatic carbocycles. The SMILES string of the molecule is O=C(Nc1ccc(F)cc1)Nc1cnn(-c2ccccc2Cl)c1C(F)(F)F. The molecule has 0 saturated heterocycles. The van der Waals surface area contributed by atoms with Gasteiger partial charge in [-0.3, -0.25) is 0 Å². The molecule has 1 heterocycles. The molecule has 1 aromatic heterocycles. The van der Waals surface area contributed by atoms with E-state index in [-0.39, 0.29) is 16.4 Å². The molecule has 0 atom stereocenters. The second-order valence-electron chi connectivity index (χ2n) is 5.35. The number of urea groups is 1. The lowest BCUT2D eigenvalue weighted by atomic mass is 10.3. The number of alkyl halides is 3. The van der Waals surface area contributed by atoms with Gasteiger partial charge in [0.1, 0.15) is 5.82 Å². The van der Waals surface area contributed by atoms with Gasteiger partial charge in [-0.1, -0.05) is 23.7 Å². The highest BCUT2D eigenvalue weighted by Crippen LogP contribution is 2.37. The molecule has 0 aliphatic heterocycles. The number of para-hydroxylation sites is 1. The zero-order chi connectivity index (χ0) is 19.6. The van der Waals surface area contributed by atoms with Gasteiger partial charge >= 0.3 is 12.2 Å². The van der Waals surface area contributed by atoms with Crippen LogP contribution in [0.2, 0.25) is 5.02 Å². The van der Waals surface area contributed by atoms with Gasteiger partial charge in [-0.25, -0.2) is 13.9 Å². The highest BCUT2D eigenvalue weighted by Gasteiger charge is 2.39. The predicted molar refractivity (Wildman–Crippen MR) is 92.6 cm³/mol. The summed E-state index contributed by atoms with van der Waals surface area (Å²) in [6.07, 6.45) is -3.94. The number of rotatable bonds is 3. The summed E-state index contributed by atoms with van der Waals surface area (Å²) < 4.78 is 54.2. The quantitative estimate of drug-likeness (QED) is 0.586. The summed E-state index contributed by atoms with van der Waals surface area (Å²) in [5, 5.41) is 8.18. The largest absolute Gasteiger partial charge is 0.435 e. The first-order valence-corrected chi connectivity index (χ1v) is 7.87. The Hall–Kier alpha value is -3.07. The lowest BCUT2D eigenvalue weighted by Gasteiger charge is -2.14. The standard InChI is InChI=1S/C17H11ClF4N4O/c18-12-3-1-2-4-14(12)26-15(17(20,21)22)13(9-23-26)25-16(27)24-11-7-5-10(19)6-8-11/h1-9H,(H2,24,25,27). The fraction of sp³-hybridized carbons (Fsp3) is 0.0588. The van der Waals surface area contributed by atoms with E-state index in [1.165, 1.54) is 30.3 Å². The Labute approximate surface area is 155 Å². The van der Waals surface area contributed by atoms with Gasteiger partial charge in [0.2, 0.25) is 0 Å². The molecule has 2 N–H and O–H groups in total. The maximum atomic E-state index is 13.6. The van der Waals surface area contributed by atoms with Gasteiger partial charge in [0, 0.05) is 5.69 Å². The van der Waals surface area contributed by atoms with Gasteiger partial charge in [0.05, 0.1) is 22.6 Å². The van der Waals surface area contributed by atoms with E-state index in [1.807, 2.05) is 0 Å². The third kappa shape index (κ3) is 4.20. The first-order chi connectivity index (χ1) is 12.8. The molecule has 3 aromatic rings. The molecule has 2 aromatic carbocycles. The molecule has 0 unspecified atom stereocenters. The number of nitrogens with one attached hydrogen (secondary N) is 2. The smallest absolute Gasteiger partial charge is 0.308 e. The van der Waals surface area contributed by atoms with Crippen LogP contribution in [-0.4, -0.2) is 15.8 Å². The third-order valence-electron chi connectivity index (χ3n) is 3.47. The predicted octanol–water partition coefficient (Wildman–Crippen LogP) is 5.33. The van der Waals surface area contributed by atoms with Gasteiger partial charge in [-0.2, -0.15) is 18.3 Å². The van der Waals surface area contributed by atoms with Gasteiger partial charge in [0.15, 0.2) is 5.69 Å². The van der Waals surface area contributed by atoms with Gasteiger partial charge in [-0.05, 0) is 36.4 Å². The Morgan fingerprint density at radius 2 is 1.70 bits per heavy atom. The molecule has 0 spiro atoms. The number of carbonyl (C=O) groups is 1. The summed E-state index contributed by atoms with van der Waals surface area (Å²) in [5.41, 5.74) is -1.52. The van der Waals surface area contributed by atoms with Crippen LogP contribution in [0.25, 0.3) is 5.69 Å². The van der Waals surface area contributed by atoms with Crippen molar-refractivity contribution in [2.45, 2.75) is 6.18 Å². The number of hydrogen-bond acceptors (Lipinski definition) is 2. The van der Waals surface area contributed by atoms with Crippen LogP contribution >= 0.6 is 11.6 Å². The van der Waals surface area contributed by atoms with Crippen molar-refractivity contribution in [1.82, 2.24) is 9.78 Å². The Balaban J connectivity index is 1.91. The summed E-state index contributed by atoms with van der Waals surface area (Å²) in [6.45, 7) is 0. The van der Waals surface area contributed by atoms with Crippen LogP contribution in [-0.2, 0) is 6.18 Å². The van der Waals surface area contributed by atoms with Crippen molar-refractivity contribution in [2.75, 3.05) is 10.6 Å². The van der Waals surface area contributed by atoms with Crippen LogP contribution in [0.4, 0.5) is 33.7 Å². The normalized spacial score (nSPS) is 11.3. The summed E-state index contributed by atoms with van der Waals surface area (Å²) in [4.78, 5) is 12.0. The zero-order valence-electron chi connectivity index (χ0n) is 13.4. The minimum Gasteiger partial charge on any atom is -0.308 e. The van der Waals surface area contributed by atoms with Crippen LogP contribution in [0.15, 0.2) is 54.7 Å². The first-order valence-electron chi connectivity index (χ1n) is 7.49. The average Bonchev–Trinajstić information content (AvgIpc) is 3.01. The molecular weight excluding hydrogens is 388 g/mol. The van der Waals surface area contributed by atoms with E-state index in [9.17, 15) is 22.4 Å². The zero-order valence-corrected chi connectivity index (χ0v) is 14.1. The number of anilines is 2. The third-order valence-corrected chi connectivity index (χ3v) is 3.79. The highest BCUT2D eigenvalue weighted by atomic mass is 35.5. The summed E-state index contributed by atoms with van der Waals surface area (Å²) >= 11 is 5.96. The van der Waals surface area contributed by atoms with E-state index in [1.54, 1.807) is 6.07 Å². The molecule has 0 bridgehead atoms. The summed E-state index contributed by atoms with van der Waals surface area (Å²) in [6, 6.07) is 9.68. The molecule has 3 rings (SSSR count). The maximum absolute atomic E-state index is 13.6. The van der Waals surface area contributed by atoms with Crippen LogP contribution in [0.3, 0.4) is 0 Å². The van der Waals surface area contributed by atoms with E-state index in [4.69, 9.17) is 11.6 Å². The lowest BCUT2D eigenvalue weighted by Crippen LogP contribution is -2.22. The van der Waals surface area contributed by atoms with Gasteiger partial charge < -0.3 is 10.6 Å². The van der Waals surface area contributed by atoms with Crippen LogP contribution in [0.1, 0.15) is 5.69 Å². The van der Waals surface area contributed by atoms with Crippen LogP contribution in [0.5, 0.6) is 0 Å². The monoisotopic (exact) mass is 398 g/mol. The molecule has 2 amide bonds.